The van der Waals surface area contributed by atoms with Crippen LogP contribution in [0.2, 0.25) is 0 Å². The maximum atomic E-state index is 4.55. The summed E-state index contributed by atoms with van der Waals surface area (Å²) in [5, 5.41) is 4.15. The zero-order valence-corrected chi connectivity index (χ0v) is 8.58. The molecule has 1 saturated carbocycles. The van der Waals surface area contributed by atoms with Crippen LogP contribution in [-0.2, 0) is 0 Å². The predicted molar refractivity (Wildman–Crippen MR) is 56.5 cm³/mol. The van der Waals surface area contributed by atoms with Crippen LogP contribution in [-0.4, -0.2) is 17.5 Å². The van der Waals surface area contributed by atoms with E-state index in [0.29, 0.717) is 6.04 Å². The molecule has 3 heteroatoms. The average Bonchev–Trinajstić information content (AvgIpc) is 1.93. The van der Waals surface area contributed by atoms with Crippen molar-refractivity contribution in [3.05, 3.63) is 12.3 Å². The maximum Gasteiger partial charge on any atom is 0.160 e. The lowest BCUT2D eigenvalue weighted by Crippen LogP contribution is -2.23. The molecule has 0 saturated heterocycles. The number of aliphatic imine (C=N–C) groups is 1. The predicted octanol–water partition coefficient (Wildman–Crippen LogP) is 2.38. The number of nitrogens with one attached hydrogen (secondary N) is 1. The number of allylic oxidation sites excluding steroid dienone is 1. The number of thioether (sulfide) groups is 1. The van der Waals surface area contributed by atoms with E-state index in [9.17, 15) is 0 Å². The van der Waals surface area contributed by atoms with Gasteiger partial charge in [-0.25, -0.2) is 0 Å². The number of hydrogen-bond acceptors (Lipinski definition) is 2. The van der Waals surface area contributed by atoms with Crippen molar-refractivity contribution in [3.63, 3.8) is 0 Å². The molecule has 0 aromatic rings. The molecule has 1 N–H and O–H groups in total. The molecule has 0 heterocycles. The minimum atomic E-state index is 0.569. The standard InChI is InChI=1S/C9H16N2S/c1-7(2)10-9(12-3)11-8-5-4-6-8/h8H,1,4-6H2,2-3H3,(H,10,11). The SMILES string of the molecule is C=C(C)NC(=NC1CCC1)SC. The number of hydrogen-bond donors (Lipinski definition) is 1. The van der Waals surface area contributed by atoms with Gasteiger partial charge in [0.15, 0.2) is 5.17 Å². The molecule has 12 heavy (non-hydrogen) atoms. The minimum absolute atomic E-state index is 0.569. The van der Waals surface area contributed by atoms with Gasteiger partial charge >= 0.3 is 0 Å². The molecule has 1 aliphatic carbocycles. The van der Waals surface area contributed by atoms with Crippen LogP contribution in [0.3, 0.4) is 0 Å². The molecule has 1 fully saturated rings. The lowest BCUT2D eigenvalue weighted by Gasteiger charge is -2.22. The summed E-state index contributed by atoms with van der Waals surface area (Å²) in [4.78, 5) is 4.55. The minimum Gasteiger partial charge on any atom is -0.340 e. The van der Waals surface area contributed by atoms with E-state index in [4.69, 9.17) is 0 Å². The zero-order chi connectivity index (χ0) is 8.97. The second-order valence-corrected chi connectivity index (χ2v) is 3.92. The van der Waals surface area contributed by atoms with Crippen molar-refractivity contribution < 1.29 is 0 Å². The van der Waals surface area contributed by atoms with E-state index >= 15 is 0 Å². The Kier molecular flexibility index (Phi) is 3.66. The second kappa shape index (κ2) is 4.55. The first-order chi connectivity index (χ1) is 5.72. The fraction of sp³-hybridized carbons (Fsp3) is 0.667. The summed E-state index contributed by atoms with van der Waals surface area (Å²) in [6, 6.07) is 0.569. The third kappa shape index (κ3) is 2.89. The van der Waals surface area contributed by atoms with Crippen LogP contribution >= 0.6 is 11.8 Å². The van der Waals surface area contributed by atoms with Crippen LogP contribution in [0.4, 0.5) is 0 Å². The third-order valence-electron chi connectivity index (χ3n) is 1.89. The van der Waals surface area contributed by atoms with Gasteiger partial charge in [0, 0.05) is 5.70 Å². The maximum absolute atomic E-state index is 4.55. The van der Waals surface area contributed by atoms with Gasteiger partial charge in [-0.1, -0.05) is 18.3 Å². The molecular weight excluding hydrogens is 168 g/mol. The van der Waals surface area contributed by atoms with Gasteiger partial charge in [-0.15, -0.1) is 0 Å². The largest absolute Gasteiger partial charge is 0.340 e. The van der Waals surface area contributed by atoms with Crippen LogP contribution in [0.15, 0.2) is 17.3 Å². The Labute approximate surface area is 78.5 Å². The summed E-state index contributed by atoms with van der Waals surface area (Å²) >= 11 is 1.65. The van der Waals surface area contributed by atoms with E-state index in [-0.39, 0.29) is 0 Å². The van der Waals surface area contributed by atoms with Gasteiger partial charge in [-0.2, -0.15) is 0 Å². The lowest BCUT2D eigenvalue weighted by atomic mass is 9.94. The summed E-state index contributed by atoms with van der Waals surface area (Å²) in [6.07, 6.45) is 5.88. The average molecular weight is 184 g/mol. The summed E-state index contributed by atoms with van der Waals surface area (Å²) in [7, 11) is 0. The molecule has 1 rings (SSSR count). The van der Waals surface area contributed by atoms with Gasteiger partial charge in [0.1, 0.15) is 0 Å². The molecule has 0 aromatic carbocycles. The summed E-state index contributed by atoms with van der Waals surface area (Å²) < 4.78 is 0. The Morgan fingerprint density at radius 2 is 2.25 bits per heavy atom. The normalized spacial score (nSPS) is 18.7. The third-order valence-corrected chi connectivity index (χ3v) is 2.48. The molecular formula is C9H16N2S. The summed E-state index contributed by atoms with van der Waals surface area (Å²) in [6.45, 7) is 5.74. The summed E-state index contributed by atoms with van der Waals surface area (Å²) in [5.74, 6) is 0. The number of rotatable bonds is 2. The quantitative estimate of drug-likeness (QED) is 0.526. The first-order valence-electron chi connectivity index (χ1n) is 4.26. The fourth-order valence-electron chi connectivity index (χ4n) is 1.00. The van der Waals surface area contributed by atoms with Crippen molar-refractivity contribution in [1.82, 2.24) is 5.32 Å². The van der Waals surface area contributed by atoms with E-state index < -0.39 is 0 Å². The number of amidine groups is 1. The topological polar surface area (TPSA) is 24.4 Å². The highest BCUT2D eigenvalue weighted by molar-refractivity contribution is 8.13. The molecule has 1 aliphatic rings. The second-order valence-electron chi connectivity index (χ2n) is 3.13. The van der Waals surface area contributed by atoms with E-state index in [2.05, 4.69) is 16.9 Å². The molecule has 0 aromatic heterocycles. The molecule has 0 aliphatic heterocycles. The molecule has 0 amide bonds. The molecule has 0 radical (unpaired) electrons. The Morgan fingerprint density at radius 1 is 1.58 bits per heavy atom. The van der Waals surface area contributed by atoms with Crippen molar-refractivity contribution in [1.29, 1.82) is 0 Å². The van der Waals surface area contributed by atoms with Crippen molar-refractivity contribution >= 4 is 16.9 Å². The first-order valence-corrected chi connectivity index (χ1v) is 5.49. The van der Waals surface area contributed by atoms with Crippen molar-refractivity contribution in [2.75, 3.05) is 6.26 Å². The molecule has 0 atom stereocenters. The highest BCUT2D eigenvalue weighted by Gasteiger charge is 2.16. The van der Waals surface area contributed by atoms with Crippen LogP contribution in [0.5, 0.6) is 0 Å². The van der Waals surface area contributed by atoms with Gasteiger partial charge in [0.2, 0.25) is 0 Å². The van der Waals surface area contributed by atoms with E-state index in [1.807, 2.05) is 13.2 Å². The van der Waals surface area contributed by atoms with Crippen LogP contribution in [0.25, 0.3) is 0 Å². The Balaban J connectivity index is 2.41. The van der Waals surface area contributed by atoms with Gasteiger partial charge in [0.05, 0.1) is 6.04 Å². The van der Waals surface area contributed by atoms with Gasteiger partial charge in [0.25, 0.3) is 0 Å². The molecule has 0 spiro atoms. The Hall–Kier alpha value is -0.440. The van der Waals surface area contributed by atoms with Crippen molar-refractivity contribution in [3.8, 4) is 0 Å². The van der Waals surface area contributed by atoms with Gasteiger partial charge in [-0.05, 0) is 32.4 Å². The highest BCUT2D eigenvalue weighted by Crippen LogP contribution is 2.22. The van der Waals surface area contributed by atoms with Gasteiger partial charge in [-0.3, -0.25) is 4.99 Å². The first kappa shape index (κ1) is 9.65. The van der Waals surface area contributed by atoms with E-state index in [1.165, 1.54) is 19.3 Å². The highest BCUT2D eigenvalue weighted by atomic mass is 32.2. The van der Waals surface area contributed by atoms with E-state index in [0.717, 1.165) is 10.9 Å². The van der Waals surface area contributed by atoms with Gasteiger partial charge < -0.3 is 5.32 Å². The van der Waals surface area contributed by atoms with Crippen molar-refractivity contribution in [2.24, 2.45) is 4.99 Å². The fourth-order valence-corrected chi connectivity index (χ4v) is 1.53. The van der Waals surface area contributed by atoms with E-state index in [1.54, 1.807) is 11.8 Å². The smallest absolute Gasteiger partial charge is 0.160 e. The number of nitrogens with zero attached hydrogens (tertiary/aromatic N) is 1. The summed E-state index contributed by atoms with van der Waals surface area (Å²) in [5.41, 5.74) is 0.961. The molecule has 2 nitrogen and oxygen atoms in total. The van der Waals surface area contributed by atoms with Crippen molar-refractivity contribution in [2.45, 2.75) is 32.2 Å². The Bertz CT molecular complexity index is 195. The van der Waals surface area contributed by atoms with Crippen LogP contribution < -0.4 is 5.32 Å². The molecule has 68 valence electrons. The molecule has 0 unspecified atom stereocenters. The van der Waals surface area contributed by atoms with Crippen LogP contribution in [0.1, 0.15) is 26.2 Å². The molecule has 0 bridgehead atoms. The monoisotopic (exact) mass is 184 g/mol. The lowest BCUT2D eigenvalue weighted by molar-refractivity contribution is 0.420. The Morgan fingerprint density at radius 3 is 2.58 bits per heavy atom. The zero-order valence-electron chi connectivity index (χ0n) is 7.76. The van der Waals surface area contributed by atoms with Crippen LogP contribution in [0, 0.1) is 0 Å².